The molecule has 196 valence electrons. The first kappa shape index (κ1) is 28.1. The molecule has 1 saturated carbocycles. The lowest BCUT2D eigenvalue weighted by Crippen LogP contribution is -2.32. The minimum atomic E-state index is -0.445. The molecule has 0 N–H and O–H groups in total. The summed E-state index contributed by atoms with van der Waals surface area (Å²) in [7, 11) is 0. The van der Waals surface area contributed by atoms with E-state index in [1.165, 1.54) is 6.92 Å². The molecule has 0 radical (unpaired) electrons. The number of Topliss-reactive ketones (excluding diaryl/α,β-unsaturated/α-hetero) is 5. The first-order valence-electron chi connectivity index (χ1n) is 13.9. The molecule has 0 amide bonds. The number of carbonyl (C=O) groups is 5. The quantitative estimate of drug-likeness (QED) is 0.189. The Morgan fingerprint density at radius 1 is 1.00 bits per heavy atom. The van der Waals surface area contributed by atoms with Crippen LogP contribution in [0.3, 0.4) is 0 Å². The molecule has 3 rings (SSSR count). The lowest BCUT2D eigenvalue weighted by molar-refractivity contribution is -0.130. The van der Waals surface area contributed by atoms with Gasteiger partial charge in [-0.15, -0.1) is 0 Å². The van der Waals surface area contributed by atoms with Gasteiger partial charge in [0.05, 0.1) is 6.42 Å². The topological polar surface area (TPSA) is 85.3 Å². The highest BCUT2D eigenvalue weighted by Gasteiger charge is 2.36. The van der Waals surface area contributed by atoms with Gasteiger partial charge in [-0.2, -0.15) is 0 Å². The molecular weight excluding hydrogens is 452 g/mol. The maximum Gasteiger partial charge on any atom is 0.229 e. The van der Waals surface area contributed by atoms with Crippen LogP contribution in [0, 0.1) is 30.6 Å². The van der Waals surface area contributed by atoms with Gasteiger partial charge in [0.1, 0.15) is 11.6 Å². The van der Waals surface area contributed by atoms with E-state index in [0.717, 1.165) is 56.1 Å². The van der Waals surface area contributed by atoms with Crippen LogP contribution in [-0.4, -0.2) is 28.9 Å². The van der Waals surface area contributed by atoms with E-state index in [9.17, 15) is 24.0 Å². The Bertz CT molecular complexity index is 1010. The molecule has 1 aromatic carbocycles. The van der Waals surface area contributed by atoms with Gasteiger partial charge in [-0.1, -0.05) is 58.1 Å². The number of hydrogen-bond donors (Lipinski definition) is 0. The molecular formula is C31H42O5. The molecule has 1 aromatic rings. The zero-order chi connectivity index (χ0) is 26.4. The Hall–Kier alpha value is -2.43. The highest BCUT2D eigenvalue weighted by atomic mass is 16.2. The van der Waals surface area contributed by atoms with Gasteiger partial charge in [0.25, 0.3) is 0 Å². The molecule has 5 nitrogen and oxygen atoms in total. The number of aryl methyl sites for hydroxylation is 1. The minimum absolute atomic E-state index is 0.00391. The minimum Gasteiger partial charge on any atom is -0.300 e. The zero-order valence-corrected chi connectivity index (χ0v) is 22.5. The largest absolute Gasteiger partial charge is 0.300 e. The van der Waals surface area contributed by atoms with Gasteiger partial charge in [-0.05, 0) is 68.9 Å². The van der Waals surface area contributed by atoms with Crippen LogP contribution in [0.2, 0.25) is 0 Å². The van der Waals surface area contributed by atoms with Crippen molar-refractivity contribution in [3.8, 4) is 0 Å². The number of ketones is 5. The number of rotatable bonds is 12. The molecule has 36 heavy (non-hydrogen) atoms. The molecule has 2 aliphatic rings. The van der Waals surface area contributed by atoms with E-state index < -0.39 is 5.78 Å². The van der Waals surface area contributed by atoms with E-state index >= 15 is 0 Å². The summed E-state index contributed by atoms with van der Waals surface area (Å²) in [5.74, 6) is -1.14. The maximum atomic E-state index is 13.4. The molecule has 0 bridgehead atoms. The van der Waals surface area contributed by atoms with E-state index in [1.807, 2.05) is 13.8 Å². The Morgan fingerprint density at radius 2 is 1.69 bits per heavy atom. The number of carbonyl (C=O) groups excluding carboxylic acids is 5. The third kappa shape index (κ3) is 6.46. The number of hydrogen-bond acceptors (Lipinski definition) is 5. The highest BCUT2D eigenvalue weighted by Crippen LogP contribution is 2.38. The normalized spacial score (nSPS) is 19.9. The van der Waals surface area contributed by atoms with Gasteiger partial charge in [-0.3, -0.25) is 24.0 Å². The number of fused-ring (bicyclic) bond motifs is 1. The van der Waals surface area contributed by atoms with Crippen molar-refractivity contribution in [1.29, 1.82) is 0 Å². The monoisotopic (exact) mass is 494 g/mol. The van der Waals surface area contributed by atoms with Gasteiger partial charge in [0.2, 0.25) is 11.6 Å². The summed E-state index contributed by atoms with van der Waals surface area (Å²) in [6.07, 6.45) is 8.70. The van der Waals surface area contributed by atoms with Crippen LogP contribution in [0.15, 0.2) is 12.1 Å². The summed E-state index contributed by atoms with van der Waals surface area (Å²) >= 11 is 0. The molecule has 5 heteroatoms. The fourth-order valence-corrected chi connectivity index (χ4v) is 6.64. The molecule has 3 atom stereocenters. The van der Waals surface area contributed by atoms with Crippen molar-refractivity contribution in [1.82, 2.24) is 0 Å². The molecule has 0 saturated heterocycles. The summed E-state index contributed by atoms with van der Waals surface area (Å²) in [5, 5.41) is 0. The third-order valence-electron chi connectivity index (χ3n) is 8.35. The number of benzene rings is 1. The Morgan fingerprint density at radius 3 is 2.31 bits per heavy atom. The fraction of sp³-hybridized carbons (Fsp3) is 0.645. The lowest BCUT2D eigenvalue weighted by atomic mass is 9.71. The predicted molar refractivity (Wildman–Crippen MR) is 140 cm³/mol. The predicted octanol–water partition coefficient (Wildman–Crippen LogP) is 6.45. The lowest BCUT2D eigenvalue weighted by Gasteiger charge is -2.32. The molecule has 0 aliphatic heterocycles. The highest BCUT2D eigenvalue weighted by molar-refractivity contribution is 6.44. The Labute approximate surface area is 215 Å². The second-order valence-corrected chi connectivity index (χ2v) is 11.2. The Balaban J connectivity index is 1.87. The molecule has 0 aromatic heterocycles. The van der Waals surface area contributed by atoms with Crippen LogP contribution in [0.1, 0.15) is 123 Å². The van der Waals surface area contributed by atoms with Crippen LogP contribution in [0.5, 0.6) is 0 Å². The summed E-state index contributed by atoms with van der Waals surface area (Å²) in [5.41, 5.74) is 2.59. The Kier molecular flexibility index (Phi) is 9.92. The second kappa shape index (κ2) is 12.7. The summed E-state index contributed by atoms with van der Waals surface area (Å²) in [6.45, 7) is 7.42. The van der Waals surface area contributed by atoms with Crippen molar-refractivity contribution in [3.05, 3.63) is 34.4 Å². The first-order valence-corrected chi connectivity index (χ1v) is 13.9. The maximum absolute atomic E-state index is 13.4. The van der Waals surface area contributed by atoms with E-state index in [4.69, 9.17) is 0 Å². The molecule has 0 heterocycles. The van der Waals surface area contributed by atoms with Crippen LogP contribution >= 0.6 is 0 Å². The summed E-state index contributed by atoms with van der Waals surface area (Å²) in [6, 6.07) is 3.54. The van der Waals surface area contributed by atoms with Gasteiger partial charge in [0.15, 0.2) is 5.78 Å². The van der Waals surface area contributed by atoms with E-state index in [1.54, 1.807) is 12.1 Å². The van der Waals surface area contributed by atoms with Crippen LogP contribution in [0.4, 0.5) is 0 Å². The average Bonchev–Trinajstić information content (AvgIpc) is 2.84. The third-order valence-corrected chi connectivity index (χ3v) is 8.35. The smallest absolute Gasteiger partial charge is 0.229 e. The van der Waals surface area contributed by atoms with Crippen LogP contribution in [-0.2, 0) is 20.8 Å². The van der Waals surface area contributed by atoms with Crippen molar-refractivity contribution in [2.24, 2.45) is 23.7 Å². The summed E-state index contributed by atoms with van der Waals surface area (Å²) in [4.78, 5) is 64.2. The van der Waals surface area contributed by atoms with Crippen molar-refractivity contribution in [3.63, 3.8) is 0 Å². The van der Waals surface area contributed by atoms with Crippen LogP contribution in [0.25, 0.3) is 0 Å². The van der Waals surface area contributed by atoms with Crippen molar-refractivity contribution >= 4 is 28.9 Å². The molecule has 2 aliphatic carbocycles. The van der Waals surface area contributed by atoms with Gasteiger partial charge in [-0.25, -0.2) is 0 Å². The van der Waals surface area contributed by atoms with Gasteiger partial charge < -0.3 is 0 Å². The summed E-state index contributed by atoms with van der Waals surface area (Å²) < 4.78 is 0. The van der Waals surface area contributed by atoms with Crippen molar-refractivity contribution < 1.29 is 24.0 Å². The van der Waals surface area contributed by atoms with E-state index in [2.05, 4.69) is 6.92 Å². The SMILES string of the molecule is CCCC(CC1CC(=O)c2c(C)ccc(C(=O)C(=O)C3CCCCC3)c2C1)C(CC)C(=O)CC(C)=O. The fourth-order valence-electron chi connectivity index (χ4n) is 6.64. The first-order chi connectivity index (χ1) is 17.2. The van der Waals surface area contributed by atoms with Gasteiger partial charge in [0, 0.05) is 29.4 Å². The average molecular weight is 495 g/mol. The zero-order valence-electron chi connectivity index (χ0n) is 22.5. The van der Waals surface area contributed by atoms with E-state index in [-0.39, 0.29) is 53.2 Å². The van der Waals surface area contributed by atoms with Gasteiger partial charge >= 0.3 is 0 Å². The van der Waals surface area contributed by atoms with E-state index in [0.29, 0.717) is 36.8 Å². The molecule has 1 fully saturated rings. The van der Waals surface area contributed by atoms with Crippen LogP contribution < -0.4 is 0 Å². The van der Waals surface area contributed by atoms with Crippen molar-refractivity contribution in [2.75, 3.05) is 0 Å². The standard InChI is InChI=1S/C31H42O5/c1-5-10-23(24(6-2)27(33)15-20(4)32)16-21-17-26-25(14-13-19(3)29(26)28(34)18-21)31(36)30(35)22-11-8-7-9-12-22/h13-14,21-24H,5-12,15-18H2,1-4H3. The second-order valence-electron chi connectivity index (χ2n) is 11.2. The molecule has 0 spiro atoms. The van der Waals surface area contributed by atoms with Crippen molar-refractivity contribution in [2.45, 2.75) is 105 Å². The molecule has 3 unspecified atom stereocenters.